The Labute approximate surface area is 144 Å². The number of halogens is 4. The van der Waals surface area contributed by atoms with Gasteiger partial charge in [-0.15, -0.1) is 0 Å². The van der Waals surface area contributed by atoms with Gasteiger partial charge < -0.3 is 0 Å². The van der Waals surface area contributed by atoms with E-state index in [2.05, 4.69) is 0 Å². The maximum absolute atomic E-state index is 6.74. The summed E-state index contributed by atoms with van der Waals surface area (Å²) >= 11 is 27.0. The first-order valence-electron chi connectivity index (χ1n) is 6.42. The van der Waals surface area contributed by atoms with Crippen molar-refractivity contribution in [3.05, 3.63) is 59.2 Å². The summed E-state index contributed by atoms with van der Waals surface area (Å²) in [7, 11) is 0. The van der Waals surface area contributed by atoms with Crippen LogP contribution < -0.4 is 8.68 Å². The number of rotatable bonds is 2. The first kappa shape index (κ1) is 17.2. The van der Waals surface area contributed by atoms with Gasteiger partial charge in [-0.25, -0.2) is 0 Å². The second-order valence-corrected chi connectivity index (χ2v) is 21.5. The molecule has 0 saturated heterocycles. The van der Waals surface area contributed by atoms with Crippen molar-refractivity contribution < 1.29 is 8.68 Å². The van der Waals surface area contributed by atoms with Crippen molar-refractivity contribution in [3.8, 4) is 0 Å². The topological polar surface area (TPSA) is 7.76 Å². The molecule has 0 N–H and O–H groups in total. The van der Waals surface area contributed by atoms with Gasteiger partial charge in [-0.05, 0) is 0 Å². The summed E-state index contributed by atoms with van der Waals surface area (Å²) in [4.78, 5) is 0. The van der Waals surface area contributed by atoms with Crippen molar-refractivity contribution >= 4 is 48.6 Å². The van der Waals surface area contributed by atoms with Gasteiger partial charge in [0.1, 0.15) is 0 Å². The molecule has 0 aliphatic heterocycles. The van der Waals surface area contributed by atoms with E-state index in [-0.39, 0.29) is 0 Å². The molecule has 2 aromatic rings. The molecule has 0 aliphatic carbocycles. The van der Waals surface area contributed by atoms with Gasteiger partial charge in [-0.2, -0.15) is 0 Å². The van der Waals surface area contributed by atoms with E-state index < -0.39 is 3.66 Å². The van der Waals surface area contributed by atoms with Crippen LogP contribution in [-0.4, -0.2) is 0 Å². The Morgan fingerprint density at radius 3 is 1.10 bits per heavy atom. The Hall–Kier alpha value is -0.110. The zero-order valence-corrected chi connectivity index (χ0v) is 16.2. The molecule has 2 heterocycles. The molecule has 0 amide bonds. The van der Waals surface area contributed by atoms with Crippen molar-refractivity contribution in [1.29, 1.82) is 0 Å². The quantitative estimate of drug-likeness (QED) is 0.608. The number of hydrogen-bond acceptors (Lipinski definition) is 0. The summed E-state index contributed by atoms with van der Waals surface area (Å²) in [6, 6.07) is 4.00. The van der Waals surface area contributed by atoms with Gasteiger partial charge >= 0.3 is 144 Å². The molecule has 0 fully saturated rings. The molecule has 0 atom stereocenters. The molecule has 0 radical (unpaired) electrons. The minimum atomic E-state index is -5.05. The van der Waals surface area contributed by atoms with Crippen molar-refractivity contribution in [2.24, 2.45) is 0 Å². The fourth-order valence-corrected chi connectivity index (χ4v) is 6.31. The van der Waals surface area contributed by atoms with Crippen LogP contribution in [0.3, 0.4) is 0 Å². The predicted molar refractivity (Wildman–Crippen MR) is 93.4 cm³/mol. The number of aryl methyl sites for hydroxylation is 4. The van der Waals surface area contributed by atoms with Crippen LogP contribution in [0.5, 0.6) is 0 Å². The fraction of sp³-hybridized carbons (Fsp3) is 0.286. The van der Waals surface area contributed by atoms with Crippen LogP contribution in [0, 0.1) is 27.7 Å². The van der Waals surface area contributed by atoms with Crippen LogP contribution in [0.1, 0.15) is 22.3 Å². The third-order valence-electron chi connectivity index (χ3n) is 3.16. The van der Waals surface area contributed by atoms with E-state index in [4.69, 9.17) is 45.0 Å². The molecule has 0 saturated carbocycles. The van der Waals surface area contributed by atoms with E-state index >= 15 is 0 Å². The fourth-order valence-electron chi connectivity index (χ4n) is 2.35. The number of pyridine rings is 2. The van der Waals surface area contributed by atoms with Gasteiger partial charge in [0.15, 0.2) is 0 Å². The molecular weight excluding hydrogens is 369 g/mol. The first-order chi connectivity index (χ1) is 9.31. The molecule has 2 nitrogen and oxygen atoms in total. The van der Waals surface area contributed by atoms with Gasteiger partial charge in [0.05, 0.1) is 0 Å². The summed E-state index contributed by atoms with van der Waals surface area (Å²) in [5.74, 6) is 0. The Bertz CT molecular complexity index is 639. The van der Waals surface area contributed by atoms with Crippen LogP contribution in [0.15, 0.2) is 36.9 Å². The average molecular weight is 387 g/mol. The zero-order chi connectivity index (χ0) is 16.1. The van der Waals surface area contributed by atoms with Crippen LogP contribution in [0.25, 0.3) is 0 Å². The second kappa shape index (κ2) is 4.69. The third-order valence-corrected chi connectivity index (χ3v) is 9.62. The Morgan fingerprint density at radius 1 is 0.619 bits per heavy atom. The van der Waals surface area contributed by atoms with E-state index in [9.17, 15) is 0 Å². The summed E-state index contributed by atoms with van der Waals surface area (Å²) in [6.07, 6.45) is 7.03. The molecule has 116 valence electrons. The van der Waals surface area contributed by atoms with E-state index in [0.29, 0.717) is 0 Å². The van der Waals surface area contributed by atoms with Crippen LogP contribution in [0.4, 0.5) is 0 Å². The summed E-state index contributed by atoms with van der Waals surface area (Å²) in [5.41, 5.74) is 3.88. The molecule has 0 spiro atoms. The normalized spacial score (nSPS) is 15.4. The van der Waals surface area contributed by atoms with Crippen molar-refractivity contribution in [2.45, 2.75) is 27.7 Å². The summed E-state index contributed by atoms with van der Waals surface area (Å²) in [6.45, 7) is 7.75. The van der Waals surface area contributed by atoms with Crippen molar-refractivity contribution in [2.75, 3.05) is 0 Å². The monoisotopic (exact) mass is 385 g/mol. The number of hydrogen-bond donors (Lipinski definition) is 0. The number of aromatic nitrogens is 2. The van der Waals surface area contributed by atoms with E-state index in [1.807, 2.05) is 39.8 Å². The van der Waals surface area contributed by atoms with Gasteiger partial charge in [-0.1, -0.05) is 0 Å². The Balaban J connectivity index is 2.86. The van der Waals surface area contributed by atoms with Gasteiger partial charge in [0.2, 0.25) is 0 Å². The molecule has 0 aromatic carbocycles. The maximum atomic E-state index is 6.74. The summed E-state index contributed by atoms with van der Waals surface area (Å²) < 4.78 is -2.00. The van der Waals surface area contributed by atoms with E-state index in [1.165, 1.54) is 8.68 Å². The molecule has 0 bridgehead atoms. The molecule has 2 aromatic heterocycles. The average Bonchev–Trinajstić information content (AvgIpc) is 2.25. The summed E-state index contributed by atoms with van der Waals surface area (Å²) in [5, 5.41) is 0. The zero-order valence-electron chi connectivity index (χ0n) is 12.3. The second-order valence-electron chi connectivity index (χ2n) is 5.62. The van der Waals surface area contributed by atoms with Crippen LogP contribution in [0.2, 0.25) is 0 Å². The molecular formula is C14H18Cl4N2P+. The molecule has 2 rings (SSSR count). The van der Waals surface area contributed by atoms with E-state index in [0.717, 1.165) is 22.3 Å². The first-order valence-corrected chi connectivity index (χ1v) is 12.6. The van der Waals surface area contributed by atoms with Gasteiger partial charge in [-0.3, -0.25) is 0 Å². The third kappa shape index (κ3) is 3.30. The van der Waals surface area contributed by atoms with Crippen molar-refractivity contribution in [3.63, 3.8) is 0 Å². The standard InChI is InChI=1S/C14H18Cl4N2P/c1-11-5-12(2)8-19(7-11)21(15,16,17,18)20-9-13(3)6-14(4)10-20/h5-10H,1-4H3/q+1. The molecule has 0 aliphatic rings. The van der Waals surface area contributed by atoms with Crippen LogP contribution >= 0.6 is 48.6 Å². The van der Waals surface area contributed by atoms with Gasteiger partial charge in [0, 0.05) is 0 Å². The minimum absolute atomic E-state index is 0.970. The van der Waals surface area contributed by atoms with Crippen molar-refractivity contribution in [1.82, 2.24) is 0 Å². The molecule has 21 heavy (non-hydrogen) atoms. The van der Waals surface area contributed by atoms with Crippen LogP contribution in [-0.2, 0) is 0 Å². The molecule has 7 heteroatoms. The SMILES string of the molecule is Cc1cc(C)c[n+]([P-](Cl)(Cl)(Cl)(Cl)[n+]2cc(C)cc(C)c2)c1. The van der Waals surface area contributed by atoms with Gasteiger partial charge in [0.25, 0.3) is 0 Å². The molecule has 0 unspecified atom stereocenters. The predicted octanol–water partition coefficient (Wildman–Crippen LogP) is 5.43. The van der Waals surface area contributed by atoms with E-state index in [1.54, 1.807) is 24.8 Å². The Morgan fingerprint density at radius 2 is 0.857 bits per heavy atom. The number of nitrogens with zero attached hydrogens (tertiary/aromatic N) is 2. The Kier molecular flexibility index (Phi) is 3.85.